The quantitative estimate of drug-likeness (QED) is 0.583. The van der Waals surface area contributed by atoms with Gasteiger partial charge in [0.2, 0.25) is 10.0 Å². The number of phenolic OH excluding ortho intramolecular Hbond substituents is 1. The van der Waals surface area contributed by atoms with Gasteiger partial charge in [0.15, 0.2) is 17.5 Å². The first-order valence-corrected chi connectivity index (χ1v) is 11.3. The number of methoxy groups -OCH3 is 1. The number of aromatic hydroxyl groups is 1. The van der Waals surface area contributed by atoms with Crippen LogP contribution >= 0.6 is 0 Å². The van der Waals surface area contributed by atoms with Crippen molar-refractivity contribution in [3.05, 3.63) is 65.5 Å². The Balaban J connectivity index is 1.53. The van der Waals surface area contributed by atoms with Crippen LogP contribution in [0.4, 0.5) is 13.2 Å². The zero-order chi connectivity index (χ0) is 23.0. The van der Waals surface area contributed by atoms with Crippen molar-refractivity contribution in [1.29, 1.82) is 0 Å². The molecule has 3 aromatic rings. The number of fused-ring (bicyclic) bond motifs is 1. The van der Waals surface area contributed by atoms with Crippen molar-refractivity contribution in [3.63, 3.8) is 0 Å². The van der Waals surface area contributed by atoms with Crippen LogP contribution in [0.15, 0.2) is 47.4 Å². The molecule has 1 heterocycles. The highest BCUT2D eigenvalue weighted by Crippen LogP contribution is 2.32. The molecule has 0 aromatic heterocycles. The van der Waals surface area contributed by atoms with Crippen LogP contribution in [0.1, 0.15) is 5.56 Å². The lowest BCUT2D eigenvalue weighted by Gasteiger charge is -2.34. The van der Waals surface area contributed by atoms with Gasteiger partial charge in [-0.15, -0.1) is 0 Å². The average Bonchev–Trinajstić information content (AvgIpc) is 2.79. The van der Waals surface area contributed by atoms with Gasteiger partial charge in [-0.05, 0) is 41.1 Å². The first-order valence-electron chi connectivity index (χ1n) is 9.87. The molecular weight excluding hydrogens is 445 g/mol. The molecule has 6 nitrogen and oxygen atoms in total. The van der Waals surface area contributed by atoms with Gasteiger partial charge in [-0.25, -0.2) is 21.6 Å². The Morgan fingerprint density at radius 1 is 0.969 bits per heavy atom. The molecule has 0 bridgehead atoms. The summed E-state index contributed by atoms with van der Waals surface area (Å²) in [6.45, 7) is 1.06. The molecule has 0 amide bonds. The predicted octanol–water partition coefficient (Wildman–Crippen LogP) is 3.48. The number of phenols is 1. The van der Waals surface area contributed by atoms with E-state index in [1.54, 1.807) is 19.2 Å². The maximum atomic E-state index is 14.1. The monoisotopic (exact) mass is 466 g/mol. The summed E-state index contributed by atoms with van der Waals surface area (Å²) < 4.78 is 72.6. The van der Waals surface area contributed by atoms with Gasteiger partial charge in [0, 0.05) is 38.3 Å². The van der Waals surface area contributed by atoms with E-state index in [0.717, 1.165) is 21.1 Å². The number of nitrogens with zero attached hydrogens (tertiary/aromatic N) is 2. The molecule has 0 spiro atoms. The Morgan fingerprint density at radius 2 is 1.66 bits per heavy atom. The second-order valence-electron chi connectivity index (χ2n) is 7.50. The summed E-state index contributed by atoms with van der Waals surface area (Å²) in [5.74, 6) is -4.22. The predicted molar refractivity (Wildman–Crippen MR) is 113 cm³/mol. The number of ether oxygens (including phenoxy) is 1. The van der Waals surface area contributed by atoms with Crippen LogP contribution in [0.2, 0.25) is 0 Å². The van der Waals surface area contributed by atoms with Gasteiger partial charge >= 0.3 is 0 Å². The van der Waals surface area contributed by atoms with E-state index in [1.807, 2.05) is 23.1 Å². The third-order valence-corrected chi connectivity index (χ3v) is 7.56. The average molecular weight is 466 g/mol. The number of hydrogen-bond donors (Lipinski definition) is 1. The van der Waals surface area contributed by atoms with E-state index in [0.29, 0.717) is 37.0 Å². The van der Waals surface area contributed by atoms with Crippen molar-refractivity contribution < 1.29 is 31.4 Å². The molecule has 0 unspecified atom stereocenters. The van der Waals surface area contributed by atoms with Gasteiger partial charge in [0.1, 0.15) is 16.4 Å². The summed E-state index contributed by atoms with van der Waals surface area (Å²) in [7, 11) is -2.77. The summed E-state index contributed by atoms with van der Waals surface area (Å²) in [6, 6.07) is 10.3. The minimum atomic E-state index is -4.32. The lowest BCUT2D eigenvalue weighted by Crippen LogP contribution is -2.48. The molecule has 0 saturated carbocycles. The van der Waals surface area contributed by atoms with E-state index in [9.17, 15) is 26.7 Å². The van der Waals surface area contributed by atoms with Gasteiger partial charge < -0.3 is 9.84 Å². The van der Waals surface area contributed by atoms with E-state index >= 15 is 0 Å². The third-order valence-electron chi connectivity index (χ3n) is 5.65. The summed E-state index contributed by atoms with van der Waals surface area (Å²) in [6.07, 6.45) is 0. The largest absolute Gasteiger partial charge is 0.508 e. The number of hydrogen-bond acceptors (Lipinski definition) is 5. The molecule has 1 aliphatic rings. The van der Waals surface area contributed by atoms with Crippen LogP contribution in [-0.4, -0.2) is 56.0 Å². The van der Waals surface area contributed by atoms with Crippen LogP contribution in [0, 0.1) is 17.5 Å². The lowest BCUT2D eigenvalue weighted by molar-refractivity contribution is 0.180. The van der Waals surface area contributed by atoms with Gasteiger partial charge in [-0.3, -0.25) is 4.90 Å². The number of benzene rings is 3. The molecular formula is C22H21F3N2O4S. The zero-order valence-corrected chi connectivity index (χ0v) is 18.0. The molecule has 1 saturated heterocycles. The number of sulfonamides is 1. The van der Waals surface area contributed by atoms with Crippen LogP contribution in [-0.2, 0) is 16.6 Å². The molecule has 0 radical (unpaired) electrons. The number of halogens is 3. The van der Waals surface area contributed by atoms with Crippen molar-refractivity contribution in [3.8, 4) is 11.5 Å². The third kappa shape index (κ3) is 4.01. The van der Waals surface area contributed by atoms with Gasteiger partial charge in [-0.2, -0.15) is 4.31 Å². The van der Waals surface area contributed by atoms with Crippen molar-refractivity contribution in [2.24, 2.45) is 0 Å². The maximum absolute atomic E-state index is 14.1. The second-order valence-corrected chi connectivity index (χ2v) is 9.41. The molecule has 4 rings (SSSR count). The Labute approximate surface area is 183 Å². The maximum Gasteiger partial charge on any atom is 0.246 e. The summed E-state index contributed by atoms with van der Waals surface area (Å²) in [5.41, 5.74) is 0.685. The highest BCUT2D eigenvalue weighted by atomic mass is 32.2. The van der Waals surface area contributed by atoms with Gasteiger partial charge in [0.25, 0.3) is 0 Å². The molecule has 0 atom stereocenters. The molecule has 10 heteroatoms. The fourth-order valence-corrected chi connectivity index (χ4v) is 5.32. The SMILES string of the molecule is COc1ccc2ccc(O)c(CN3CCN(S(=O)(=O)c4ccc(F)c(F)c4F)CC3)c2c1. The number of piperazine rings is 1. The second kappa shape index (κ2) is 8.61. The van der Waals surface area contributed by atoms with Crippen molar-refractivity contribution in [2.75, 3.05) is 33.3 Å². The highest BCUT2D eigenvalue weighted by molar-refractivity contribution is 7.89. The molecule has 170 valence electrons. The first kappa shape index (κ1) is 22.4. The standard InChI is InChI=1S/C22H21F3N2O4S/c1-31-15-4-2-14-3-6-19(28)17(16(14)12-15)13-26-8-10-27(11-9-26)32(29,30)20-7-5-18(23)21(24)22(20)25/h2-7,12,28H,8-11,13H2,1H3. The topological polar surface area (TPSA) is 70.1 Å². The minimum absolute atomic E-state index is 0.0373. The van der Waals surface area contributed by atoms with Crippen LogP contribution in [0.3, 0.4) is 0 Å². The highest BCUT2D eigenvalue weighted by Gasteiger charge is 2.32. The van der Waals surface area contributed by atoms with E-state index in [-0.39, 0.29) is 18.8 Å². The van der Waals surface area contributed by atoms with Crippen LogP contribution in [0.5, 0.6) is 11.5 Å². The molecule has 1 aliphatic heterocycles. The smallest absolute Gasteiger partial charge is 0.246 e. The Bertz CT molecular complexity index is 1280. The van der Waals surface area contributed by atoms with Crippen LogP contribution in [0.25, 0.3) is 10.8 Å². The van der Waals surface area contributed by atoms with E-state index in [2.05, 4.69) is 0 Å². The molecule has 3 aromatic carbocycles. The summed E-state index contributed by atoms with van der Waals surface area (Å²) in [4.78, 5) is 1.07. The fraction of sp³-hybridized carbons (Fsp3) is 0.273. The number of rotatable bonds is 5. The van der Waals surface area contributed by atoms with Gasteiger partial charge in [-0.1, -0.05) is 12.1 Å². The van der Waals surface area contributed by atoms with Crippen LogP contribution < -0.4 is 4.74 Å². The van der Waals surface area contributed by atoms with E-state index in [4.69, 9.17) is 4.74 Å². The summed E-state index contributed by atoms with van der Waals surface area (Å²) >= 11 is 0. The van der Waals surface area contributed by atoms with E-state index < -0.39 is 32.4 Å². The fourth-order valence-electron chi connectivity index (χ4n) is 3.84. The molecule has 32 heavy (non-hydrogen) atoms. The van der Waals surface area contributed by atoms with Crippen molar-refractivity contribution >= 4 is 20.8 Å². The molecule has 0 aliphatic carbocycles. The van der Waals surface area contributed by atoms with Crippen molar-refractivity contribution in [2.45, 2.75) is 11.4 Å². The lowest BCUT2D eigenvalue weighted by atomic mass is 10.0. The Morgan fingerprint density at radius 3 is 2.34 bits per heavy atom. The Kier molecular flexibility index (Phi) is 6.02. The van der Waals surface area contributed by atoms with Gasteiger partial charge in [0.05, 0.1) is 7.11 Å². The first-order chi connectivity index (χ1) is 15.2. The minimum Gasteiger partial charge on any atom is -0.508 e. The zero-order valence-electron chi connectivity index (χ0n) is 17.2. The normalized spacial score (nSPS) is 15.9. The summed E-state index contributed by atoms with van der Waals surface area (Å²) in [5, 5.41) is 12.2. The Hall–Kier alpha value is -2.82. The van der Waals surface area contributed by atoms with Crippen molar-refractivity contribution in [1.82, 2.24) is 9.21 Å². The van der Waals surface area contributed by atoms with E-state index in [1.165, 1.54) is 0 Å². The molecule has 1 N–H and O–H groups in total. The molecule has 1 fully saturated rings.